The van der Waals surface area contributed by atoms with Gasteiger partial charge in [0.1, 0.15) is 5.69 Å². The zero-order valence-electron chi connectivity index (χ0n) is 10.3. The number of hydrogen-bond donors (Lipinski definition) is 2. The van der Waals surface area contributed by atoms with Crippen LogP contribution in [0.25, 0.3) is 0 Å². The van der Waals surface area contributed by atoms with Gasteiger partial charge < -0.3 is 20.3 Å². The normalized spacial score (nSPS) is 24.3. The van der Waals surface area contributed by atoms with Crippen LogP contribution in [0, 0.1) is 0 Å². The third kappa shape index (κ3) is 2.29. The minimum absolute atomic E-state index is 0.0543. The van der Waals surface area contributed by atoms with Gasteiger partial charge in [-0.25, -0.2) is 0 Å². The zero-order valence-corrected chi connectivity index (χ0v) is 10.3. The Balaban J connectivity index is 2.20. The lowest BCUT2D eigenvalue weighted by Crippen LogP contribution is -2.34. The fourth-order valence-corrected chi connectivity index (χ4v) is 2.25. The molecule has 1 amide bonds. The van der Waals surface area contributed by atoms with Gasteiger partial charge in [-0.3, -0.25) is 4.79 Å². The Morgan fingerprint density at radius 2 is 2.35 bits per heavy atom. The second-order valence-electron chi connectivity index (χ2n) is 4.92. The smallest absolute Gasteiger partial charge is 0.270 e. The summed E-state index contributed by atoms with van der Waals surface area (Å²) in [4.78, 5) is 13.9. The number of aryl methyl sites for hydroxylation is 1. The van der Waals surface area contributed by atoms with Gasteiger partial charge in [0.25, 0.3) is 5.91 Å². The molecule has 1 aromatic heterocycles. The van der Waals surface area contributed by atoms with Crippen LogP contribution in [0.5, 0.6) is 0 Å². The maximum Gasteiger partial charge on any atom is 0.270 e. The van der Waals surface area contributed by atoms with Crippen LogP contribution in [0.4, 0.5) is 5.69 Å². The molecule has 1 unspecified atom stereocenters. The van der Waals surface area contributed by atoms with Crippen LogP contribution in [0.2, 0.25) is 0 Å². The third-order valence-corrected chi connectivity index (χ3v) is 3.22. The first-order valence-electron chi connectivity index (χ1n) is 5.90. The zero-order chi connectivity index (χ0) is 12.6. The summed E-state index contributed by atoms with van der Waals surface area (Å²) in [5.41, 5.74) is 6.14. The molecule has 2 rings (SSSR count). The van der Waals surface area contributed by atoms with Crippen molar-refractivity contribution in [1.29, 1.82) is 0 Å². The van der Waals surface area contributed by atoms with E-state index >= 15 is 0 Å². The van der Waals surface area contributed by atoms with Crippen molar-refractivity contribution < 1.29 is 9.90 Å². The molecular formula is C12H19N3O2. The predicted octanol–water partition coefficient (Wildman–Crippen LogP) is 0.687. The number of amides is 1. The van der Waals surface area contributed by atoms with Gasteiger partial charge in [-0.2, -0.15) is 0 Å². The molecule has 0 saturated carbocycles. The molecular weight excluding hydrogens is 218 g/mol. The van der Waals surface area contributed by atoms with E-state index in [0.717, 1.165) is 0 Å². The summed E-state index contributed by atoms with van der Waals surface area (Å²) in [5.74, 6) is -0.0543. The Bertz CT molecular complexity index is 437. The van der Waals surface area contributed by atoms with Crippen LogP contribution >= 0.6 is 0 Å². The molecule has 1 atom stereocenters. The standard InChI is InChI=1S/C12H19N3O2/c1-3-14-7-9(13)6-10(14)11(16)15-5-4-12(2,17)8-15/h6-7,17H,3-5,8,13H2,1-2H3. The number of carbonyl (C=O) groups excluding carboxylic acids is 1. The maximum absolute atomic E-state index is 12.3. The molecule has 0 spiro atoms. The molecule has 0 radical (unpaired) electrons. The molecule has 5 nitrogen and oxygen atoms in total. The maximum atomic E-state index is 12.3. The lowest BCUT2D eigenvalue weighted by atomic mass is 10.1. The van der Waals surface area contributed by atoms with E-state index in [-0.39, 0.29) is 5.91 Å². The summed E-state index contributed by atoms with van der Waals surface area (Å²) >= 11 is 0. The highest BCUT2D eigenvalue weighted by atomic mass is 16.3. The number of likely N-dealkylation sites (tertiary alicyclic amines) is 1. The second-order valence-corrected chi connectivity index (χ2v) is 4.92. The van der Waals surface area contributed by atoms with Gasteiger partial charge in [0.2, 0.25) is 0 Å². The van der Waals surface area contributed by atoms with Crippen LogP contribution in [0.3, 0.4) is 0 Å². The van der Waals surface area contributed by atoms with Crippen LogP contribution in [0.15, 0.2) is 12.3 Å². The van der Waals surface area contributed by atoms with Crippen molar-refractivity contribution >= 4 is 11.6 Å². The summed E-state index contributed by atoms with van der Waals surface area (Å²) in [6.45, 7) is 5.42. The molecule has 0 aromatic carbocycles. The number of nitrogen functional groups attached to an aromatic ring is 1. The number of anilines is 1. The summed E-state index contributed by atoms with van der Waals surface area (Å²) in [7, 11) is 0. The van der Waals surface area contributed by atoms with Crippen LogP contribution < -0.4 is 5.73 Å². The first-order chi connectivity index (χ1) is 7.93. The number of aromatic nitrogens is 1. The second kappa shape index (κ2) is 4.07. The van der Waals surface area contributed by atoms with Crippen LogP contribution in [-0.2, 0) is 6.54 Å². The van der Waals surface area contributed by atoms with Crippen molar-refractivity contribution in [1.82, 2.24) is 9.47 Å². The first-order valence-corrected chi connectivity index (χ1v) is 5.90. The Morgan fingerprint density at radius 1 is 1.65 bits per heavy atom. The van der Waals surface area contributed by atoms with Gasteiger partial charge in [0.05, 0.1) is 11.3 Å². The van der Waals surface area contributed by atoms with E-state index in [9.17, 15) is 9.90 Å². The highest BCUT2D eigenvalue weighted by Gasteiger charge is 2.35. The Kier molecular flexibility index (Phi) is 2.87. The lowest BCUT2D eigenvalue weighted by Gasteiger charge is -2.19. The van der Waals surface area contributed by atoms with Gasteiger partial charge in [0, 0.05) is 25.8 Å². The Hall–Kier alpha value is -1.49. The molecule has 0 aliphatic carbocycles. The quantitative estimate of drug-likeness (QED) is 0.795. The van der Waals surface area contributed by atoms with Gasteiger partial charge in [-0.15, -0.1) is 0 Å². The summed E-state index contributed by atoms with van der Waals surface area (Å²) in [5, 5.41) is 9.87. The van der Waals surface area contributed by atoms with E-state index in [1.54, 1.807) is 24.1 Å². The van der Waals surface area contributed by atoms with E-state index in [1.807, 2.05) is 11.5 Å². The average Bonchev–Trinajstić information content (AvgIpc) is 2.80. The van der Waals surface area contributed by atoms with E-state index in [4.69, 9.17) is 5.73 Å². The monoisotopic (exact) mass is 237 g/mol. The van der Waals surface area contributed by atoms with Gasteiger partial charge in [-0.05, 0) is 26.3 Å². The van der Waals surface area contributed by atoms with Crippen molar-refractivity contribution in [3.8, 4) is 0 Å². The molecule has 1 aromatic rings. The first kappa shape index (κ1) is 12.0. The summed E-state index contributed by atoms with van der Waals surface area (Å²) in [6.07, 6.45) is 2.39. The van der Waals surface area contributed by atoms with Gasteiger partial charge in [-0.1, -0.05) is 0 Å². The Labute approximate surface area is 101 Å². The van der Waals surface area contributed by atoms with Crippen LogP contribution in [0.1, 0.15) is 30.8 Å². The highest BCUT2D eigenvalue weighted by Crippen LogP contribution is 2.23. The molecule has 94 valence electrons. The molecule has 1 saturated heterocycles. The fraction of sp³-hybridized carbons (Fsp3) is 0.583. The number of nitrogens with two attached hydrogens (primary N) is 1. The number of nitrogens with zero attached hydrogens (tertiary/aromatic N) is 2. The van der Waals surface area contributed by atoms with E-state index in [0.29, 0.717) is 37.4 Å². The molecule has 1 fully saturated rings. The molecule has 0 bridgehead atoms. The van der Waals surface area contributed by atoms with E-state index < -0.39 is 5.60 Å². The molecule has 5 heteroatoms. The van der Waals surface area contributed by atoms with E-state index in [2.05, 4.69) is 0 Å². The summed E-state index contributed by atoms with van der Waals surface area (Å²) < 4.78 is 1.84. The van der Waals surface area contributed by atoms with Crippen molar-refractivity contribution in [2.45, 2.75) is 32.4 Å². The van der Waals surface area contributed by atoms with E-state index in [1.165, 1.54) is 0 Å². The minimum Gasteiger partial charge on any atom is -0.397 e. The number of carbonyl (C=O) groups is 1. The molecule has 3 N–H and O–H groups in total. The van der Waals surface area contributed by atoms with Crippen LogP contribution in [-0.4, -0.2) is 39.2 Å². The average molecular weight is 237 g/mol. The van der Waals surface area contributed by atoms with Crippen molar-refractivity contribution in [3.63, 3.8) is 0 Å². The molecule has 1 aliphatic rings. The minimum atomic E-state index is -0.759. The predicted molar refractivity (Wildman–Crippen MR) is 65.7 cm³/mol. The molecule has 1 aliphatic heterocycles. The fourth-order valence-electron chi connectivity index (χ4n) is 2.25. The lowest BCUT2D eigenvalue weighted by molar-refractivity contribution is 0.0566. The SMILES string of the molecule is CCn1cc(N)cc1C(=O)N1CCC(C)(O)C1. The van der Waals surface area contributed by atoms with Gasteiger partial charge >= 0.3 is 0 Å². The van der Waals surface area contributed by atoms with Gasteiger partial charge in [0.15, 0.2) is 0 Å². The van der Waals surface area contributed by atoms with Crippen molar-refractivity contribution in [2.24, 2.45) is 0 Å². The molecule has 17 heavy (non-hydrogen) atoms. The summed E-state index contributed by atoms with van der Waals surface area (Å²) in [6, 6.07) is 1.69. The number of rotatable bonds is 2. The highest BCUT2D eigenvalue weighted by molar-refractivity contribution is 5.94. The largest absolute Gasteiger partial charge is 0.397 e. The third-order valence-electron chi connectivity index (χ3n) is 3.22. The van der Waals surface area contributed by atoms with Crippen molar-refractivity contribution in [2.75, 3.05) is 18.8 Å². The number of β-amino-alcohol motifs (C(OH)–C–C–N with tert-alkyl or cyclic N) is 1. The number of hydrogen-bond acceptors (Lipinski definition) is 3. The van der Waals surface area contributed by atoms with Crippen molar-refractivity contribution in [3.05, 3.63) is 18.0 Å². The number of aliphatic hydroxyl groups is 1. The molecule has 2 heterocycles. The topological polar surface area (TPSA) is 71.5 Å². The Morgan fingerprint density at radius 3 is 2.88 bits per heavy atom.